The molecule has 1 nitrogen and oxygen atoms in total. The SMILES string of the molecule is CCC(=O)C(CC)(CSC)C(C)(C)C. The average Bonchev–Trinajstić information content (AvgIpc) is 2.11. The van der Waals surface area contributed by atoms with E-state index in [0.29, 0.717) is 12.2 Å². The highest BCUT2D eigenvalue weighted by atomic mass is 32.2. The highest BCUT2D eigenvalue weighted by molar-refractivity contribution is 7.98. The molecule has 1 atom stereocenters. The van der Waals surface area contributed by atoms with Crippen LogP contribution in [-0.2, 0) is 4.79 Å². The summed E-state index contributed by atoms with van der Waals surface area (Å²) in [7, 11) is 0. The summed E-state index contributed by atoms with van der Waals surface area (Å²) in [6, 6.07) is 0. The molecule has 0 saturated carbocycles. The fourth-order valence-electron chi connectivity index (χ4n) is 2.13. The van der Waals surface area contributed by atoms with E-state index < -0.39 is 0 Å². The van der Waals surface area contributed by atoms with Crippen LogP contribution in [0.2, 0.25) is 0 Å². The summed E-state index contributed by atoms with van der Waals surface area (Å²) in [4.78, 5) is 12.1. The van der Waals surface area contributed by atoms with E-state index in [1.54, 1.807) is 11.8 Å². The second-order valence-electron chi connectivity index (χ2n) is 4.90. The normalized spacial score (nSPS) is 16.4. The van der Waals surface area contributed by atoms with Gasteiger partial charge in [-0.2, -0.15) is 11.8 Å². The number of rotatable bonds is 5. The summed E-state index contributed by atoms with van der Waals surface area (Å²) in [5.74, 6) is 1.36. The molecule has 0 N–H and O–H groups in total. The Bertz CT molecular complexity index is 193. The Balaban J connectivity index is 5.08. The predicted molar refractivity (Wildman–Crippen MR) is 65.9 cm³/mol. The molecule has 0 rings (SSSR count). The van der Waals surface area contributed by atoms with Gasteiger partial charge < -0.3 is 0 Å². The molecule has 2 heteroatoms. The summed E-state index contributed by atoms with van der Waals surface area (Å²) >= 11 is 1.78. The summed E-state index contributed by atoms with van der Waals surface area (Å²) in [5, 5.41) is 0. The Morgan fingerprint density at radius 1 is 1.21 bits per heavy atom. The molecular weight excluding hydrogens is 192 g/mol. The lowest BCUT2D eigenvalue weighted by atomic mass is 9.63. The molecule has 0 fully saturated rings. The van der Waals surface area contributed by atoms with Crippen LogP contribution >= 0.6 is 11.8 Å². The lowest BCUT2D eigenvalue weighted by Crippen LogP contribution is -2.44. The van der Waals surface area contributed by atoms with Gasteiger partial charge in [0.15, 0.2) is 0 Å². The molecule has 0 aliphatic heterocycles. The zero-order chi connectivity index (χ0) is 11.4. The molecule has 0 aromatic rings. The number of carbonyl (C=O) groups excluding carboxylic acids is 1. The van der Waals surface area contributed by atoms with Crippen molar-refractivity contribution >= 4 is 17.5 Å². The number of thioether (sulfide) groups is 1. The van der Waals surface area contributed by atoms with Crippen molar-refractivity contribution in [2.45, 2.75) is 47.5 Å². The molecule has 0 aromatic heterocycles. The first-order valence-electron chi connectivity index (χ1n) is 5.38. The van der Waals surface area contributed by atoms with Gasteiger partial charge in [0.2, 0.25) is 0 Å². The molecule has 0 aliphatic carbocycles. The number of ketones is 1. The van der Waals surface area contributed by atoms with Crippen LogP contribution in [0.15, 0.2) is 0 Å². The Morgan fingerprint density at radius 3 is 1.93 bits per heavy atom. The van der Waals surface area contributed by atoms with Crippen LogP contribution < -0.4 is 0 Å². The van der Waals surface area contributed by atoms with Crippen molar-refractivity contribution in [3.63, 3.8) is 0 Å². The Hall–Kier alpha value is 0.0200. The molecule has 0 heterocycles. The fourth-order valence-corrected chi connectivity index (χ4v) is 3.42. The first-order chi connectivity index (χ1) is 6.35. The number of hydrogen-bond donors (Lipinski definition) is 0. The third-order valence-corrected chi connectivity index (χ3v) is 4.07. The molecule has 0 saturated heterocycles. The molecule has 14 heavy (non-hydrogen) atoms. The number of hydrogen-bond acceptors (Lipinski definition) is 2. The first kappa shape index (κ1) is 14.0. The number of carbonyl (C=O) groups is 1. The molecule has 0 amide bonds. The monoisotopic (exact) mass is 216 g/mol. The topological polar surface area (TPSA) is 17.1 Å². The minimum Gasteiger partial charge on any atom is -0.299 e. The molecule has 0 radical (unpaired) electrons. The van der Waals surface area contributed by atoms with Crippen LogP contribution in [0, 0.1) is 10.8 Å². The van der Waals surface area contributed by atoms with E-state index >= 15 is 0 Å². The van der Waals surface area contributed by atoms with Crippen LogP contribution in [0.1, 0.15) is 47.5 Å². The van der Waals surface area contributed by atoms with Gasteiger partial charge in [0.25, 0.3) is 0 Å². The van der Waals surface area contributed by atoms with Gasteiger partial charge in [0.05, 0.1) is 0 Å². The van der Waals surface area contributed by atoms with Gasteiger partial charge in [0.1, 0.15) is 5.78 Å². The van der Waals surface area contributed by atoms with E-state index in [1.807, 2.05) is 6.92 Å². The van der Waals surface area contributed by atoms with Gasteiger partial charge in [0, 0.05) is 17.6 Å². The maximum atomic E-state index is 12.1. The van der Waals surface area contributed by atoms with E-state index in [4.69, 9.17) is 0 Å². The maximum Gasteiger partial charge on any atom is 0.140 e. The van der Waals surface area contributed by atoms with Crippen molar-refractivity contribution in [2.24, 2.45) is 10.8 Å². The van der Waals surface area contributed by atoms with Crippen molar-refractivity contribution in [3.8, 4) is 0 Å². The van der Waals surface area contributed by atoms with Crippen LogP contribution in [0.3, 0.4) is 0 Å². The third kappa shape index (κ3) is 2.53. The van der Waals surface area contributed by atoms with Gasteiger partial charge in [-0.05, 0) is 18.1 Å². The quantitative estimate of drug-likeness (QED) is 0.696. The molecule has 0 aliphatic rings. The zero-order valence-electron chi connectivity index (χ0n) is 10.4. The zero-order valence-corrected chi connectivity index (χ0v) is 11.3. The molecule has 0 spiro atoms. The smallest absolute Gasteiger partial charge is 0.140 e. The second kappa shape index (κ2) is 5.20. The molecule has 1 unspecified atom stereocenters. The van der Waals surface area contributed by atoms with Gasteiger partial charge in [-0.1, -0.05) is 34.6 Å². The minimum absolute atomic E-state index is 0.0673. The van der Waals surface area contributed by atoms with E-state index in [-0.39, 0.29) is 10.8 Å². The van der Waals surface area contributed by atoms with E-state index in [9.17, 15) is 4.79 Å². The largest absolute Gasteiger partial charge is 0.299 e. The lowest BCUT2D eigenvalue weighted by Gasteiger charge is -2.42. The maximum absolute atomic E-state index is 12.1. The van der Waals surface area contributed by atoms with Crippen molar-refractivity contribution in [3.05, 3.63) is 0 Å². The molecule has 0 aromatic carbocycles. The van der Waals surface area contributed by atoms with Crippen molar-refractivity contribution in [1.82, 2.24) is 0 Å². The van der Waals surface area contributed by atoms with Crippen LogP contribution in [0.25, 0.3) is 0 Å². The Labute approximate surface area is 93.0 Å². The van der Waals surface area contributed by atoms with Gasteiger partial charge in [-0.3, -0.25) is 4.79 Å². The highest BCUT2D eigenvalue weighted by Gasteiger charge is 2.44. The fraction of sp³-hybridized carbons (Fsp3) is 0.917. The summed E-state index contributed by atoms with van der Waals surface area (Å²) in [6.07, 6.45) is 3.69. The summed E-state index contributed by atoms with van der Waals surface area (Å²) in [6.45, 7) is 10.6. The van der Waals surface area contributed by atoms with E-state index in [0.717, 1.165) is 12.2 Å². The third-order valence-electron chi connectivity index (χ3n) is 3.28. The van der Waals surface area contributed by atoms with Crippen molar-refractivity contribution < 1.29 is 4.79 Å². The number of Topliss-reactive ketones (excluding diaryl/α,β-unsaturated/α-hetero) is 1. The standard InChI is InChI=1S/C12H24OS/c1-7-10(13)12(8-2,9-14-6)11(3,4)5/h7-9H2,1-6H3. The van der Waals surface area contributed by atoms with E-state index in [1.165, 1.54) is 0 Å². The van der Waals surface area contributed by atoms with E-state index in [2.05, 4.69) is 34.0 Å². The van der Waals surface area contributed by atoms with Crippen molar-refractivity contribution in [2.75, 3.05) is 12.0 Å². The van der Waals surface area contributed by atoms with Crippen molar-refractivity contribution in [1.29, 1.82) is 0 Å². The first-order valence-corrected chi connectivity index (χ1v) is 6.77. The summed E-state index contributed by atoms with van der Waals surface area (Å²) < 4.78 is 0. The Kier molecular flexibility index (Phi) is 5.21. The lowest BCUT2D eigenvalue weighted by molar-refractivity contribution is -0.133. The molecule has 84 valence electrons. The van der Waals surface area contributed by atoms with Crippen LogP contribution in [-0.4, -0.2) is 17.8 Å². The van der Waals surface area contributed by atoms with Crippen LogP contribution in [0.5, 0.6) is 0 Å². The Morgan fingerprint density at radius 2 is 1.71 bits per heavy atom. The molecular formula is C12H24OS. The molecule has 0 bridgehead atoms. The predicted octanol–water partition coefficient (Wildman–Crippen LogP) is 3.77. The average molecular weight is 216 g/mol. The minimum atomic E-state index is -0.138. The summed E-state index contributed by atoms with van der Waals surface area (Å²) in [5.41, 5.74) is -0.0704. The van der Waals surface area contributed by atoms with Gasteiger partial charge >= 0.3 is 0 Å². The van der Waals surface area contributed by atoms with Gasteiger partial charge in [-0.25, -0.2) is 0 Å². The highest BCUT2D eigenvalue weighted by Crippen LogP contribution is 2.45. The van der Waals surface area contributed by atoms with Crippen LogP contribution in [0.4, 0.5) is 0 Å². The van der Waals surface area contributed by atoms with Gasteiger partial charge in [-0.15, -0.1) is 0 Å². The second-order valence-corrected chi connectivity index (χ2v) is 5.76.